The largest absolute Gasteiger partial charge is 0.365 e. The Hall–Kier alpha value is -0.870. The molecule has 0 saturated heterocycles. The van der Waals surface area contributed by atoms with Crippen LogP contribution in [0.25, 0.3) is 10.2 Å². The van der Waals surface area contributed by atoms with Gasteiger partial charge in [-0.3, -0.25) is 0 Å². The summed E-state index contributed by atoms with van der Waals surface area (Å²) in [6.45, 7) is 2.08. The van der Waals surface area contributed by atoms with Crippen molar-refractivity contribution in [3.63, 3.8) is 0 Å². The standard InChI is InChI=1S/C13H16ClN3S/c1-8-6-18-12-11(8)15-7-16-13(12)17-10-5-3-2-4-9(10)14/h6-7,9-10H,2-5H2,1H3,(H,15,16,17). The highest BCUT2D eigenvalue weighted by Crippen LogP contribution is 2.31. The highest BCUT2D eigenvalue weighted by molar-refractivity contribution is 7.18. The maximum absolute atomic E-state index is 6.39. The second-order valence-electron chi connectivity index (χ2n) is 4.87. The van der Waals surface area contributed by atoms with E-state index in [9.17, 15) is 0 Å². The molecule has 0 aromatic carbocycles. The summed E-state index contributed by atoms with van der Waals surface area (Å²) >= 11 is 8.09. The Kier molecular flexibility index (Phi) is 3.39. The number of alkyl halides is 1. The smallest absolute Gasteiger partial charge is 0.147 e. The van der Waals surface area contributed by atoms with Gasteiger partial charge in [0, 0.05) is 6.04 Å². The van der Waals surface area contributed by atoms with Crippen LogP contribution in [0, 0.1) is 6.92 Å². The maximum atomic E-state index is 6.39. The average Bonchev–Trinajstić information content (AvgIpc) is 2.76. The van der Waals surface area contributed by atoms with Gasteiger partial charge in [0.15, 0.2) is 0 Å². The van der Waals surface area contributed by atoms with E-state index >= 15 is 0 Å². The fourth-order valence-corrected chi connectivity index (χ4v) is 3.79. The van der Waals surface area contributed by atoms with Gasteiger partial charge in [0.2, 0.25) is 0 Å². The first kappa shape index (κ1) is 12.2. The lowest BCUT2D eigenvalue weighted by Gasteiger charge is -2.28. The zero-order valence-electron chi connectivity index (χ0n) is 10.3. The summed E-state index contributed by atoms with van der Waals surface area (Å²) in [7, 11) is 0. The van der Waals surface area contributed by atoms with Crippen LogP contribution in [-0.2, 0) is 0 Å². The molecule has 0 aliphatic heterocycles. The minimum absolute atomic E-state index is 0.213. The Bertz CT molecular complexity index is 554. The van der Waals surface area contributed by atoms with Crippen LogP contribution < -0.4 is 5.32 Å². The van der Waals surface area contributed by atoms with E-state index in [2.05, 4.69) is 27.6 Å². The van der Waals surface area contributed by atoms with E-state index in [1.54, 1.807) is 17.7 Å². The molecule has 1 aliphatic carbocycles. The van der Waals surface area contributed by atoms with Gasteiger partial charge in [0.25, 0.3) is 0 Å². The number of anilines is 1. The first-order valence-electron chi connectivity index (χ1n) is 6.35. The summed E-state index contributed by atoms with van der Waals surface area (Å²) < 4.78 is 1.14. The SMILES string of the molecule is Cc1csc2c(NC3CCCCC3Cl)ncnc12. The van der Waals surface area contributed by atoms with Gasteiger partial charge in [-0.05, 0) is 30.7 Å². The third kappa shape index (κ3) is 2.19. The molecular formula is C13H16ClN3S. The maximum Gasteiger partial charge on any atom is 0.147 e. The third-order valence-corrected chi connectivity index (χ3v) is 5.15. The Labute approximate surface area is 116 Å². The number of thiophene rings is 1. The molecule has 1 N–H and O–H groups in total. The van der Waals surface area contributed by atoms with E-state index in [-0.39, 0.29) is 5.38 Å². The van der Waals surface area contributed by atoms with Gasteiger partial charge in [-0.2, -0.15) is 0 Å². The molecule has 0 radical (unpaired) electrons. The first-order chi connectivity index (χ1) is 8.75. The van der Waals surface area contributed by atoms with Crippen LogP contribution in [0.4, 0.5) is 5.82 Å². The van der Waals surface area contributed by atoms with Crippen molar-refractivity contribution in [2.75, 3.05) is 5.32 Å². The Morgan fingerprint density at radius 1 is 1.33 bits per heavy atom. The number of hydrogen-bond donors (Lipinski definition) is 1. The first-order valence-corrected chi connectivity index (χ1v) is 7.66. The normalized spacial score (nSPS) is 24.3. The van der Waals surface area contributed by atoms with Crippen LogP contribution >= 0.6 is 22.9 Å². The molecule has 96 valence electrons. The summed E-state index contributed by atoms with van der Waals surface area (Å²) in [4.78, 5) is 8.72. The Morgan fingerprint density at radius 2 is 2.17 bits per heavy atom. The molecule has 3 nitrogen and oxygen atoms in total. The summed E-state index contributed by atoms with van der Waals surface area (Å²) in [6.07, 6.45) is 6.35. The second kappa shape index (κ2) is 5.02. The number of hydrogen-bond acceptors (Lipinski definition) is 4. The monoisotopic (exact) mass is 281 g/mol. The number of nitrogens with zero attached hydrogens (tertiary/aromatic N) is 2. The Morgan fingerprint density at radius 3 is 3.00 bits per heavy atom. The van der Waals surface area contributed by atoms with E-state index < -0.39 is 0 Å². The zero-order chi connectivity index (χ0) is 12.5. The van der Waals surface area contributed by atoms with E-state index in [1.807, 2.05) is 0 Å². The number of aryl methyl sites for hydroxylation is 1. The molecule has 1 saturated carbocycles. The molecule has 0 spiro atoms. The molecule has 2 heterocycles. The quantitative estimate of drug-likeness (QED) is 0.847. The summed E-state index contributed by atoms with van der Waals surface area (Å²) in [6, 6.07) is 0.334. The lowest BCUT2D eigenvalue weighted by molar-refractivity contribution is 0.469. The molecule has 1 fully saturated rings. The third-order valence-electron chi connectivity index (χ3n) is 3.53. The van der Waals surface area contributed by atoms with Crippen molar-refractivity contribution in [1.29, 1.82) is 0 Å². The molecule has 18 heavy (non-hydrogen) atoms. The number of rotatable bonds is 2. The fraction of sp³-hybridized carbons (Fsp3) is 0.538. The lowest BCUT2D eigenvalue weighted by Crippen LogP contribution is -2.33. The number of fused-ring (bicyclic) bond motifs is 1. The van der Waals surface area contributed by atoms with Crippen molar-refractivity contribution in [2.45, 2.75) is 44.0 Å². The van der Waals surface area contributed by atoms with E-state index in [1.165, 1.54) is 18.4 Å². The molecule has 1 aliphatic rings. The van der Waals surface area contributed by atoms with E-state index in [4.69, 9.17) is 11.6 Å². The van der Waals surface area contributed by atoms with Crippen LogP contribution in [-0.4, -0.2) is 21.4 Å². The lowest BCUT2D eigenvalue weighted by atomic mass is 9.95. The highest BCUT2D eigenvalue weighted by Gasteiger charge is 2.24. The molecule has 5 heteroatoms. The molecule has 2 atom stereocenters. The molecule has 0 bridgehead atoms. The number of aromatic nitrogens is 2. The van der Waals surface area contributed by atoms with E-state index in [0.717, 1.165) is 28.9 Å². The molecule has 2 aromatic heterocycles. The summed E-state index contributed by atoms with van der Waals surface area (Å²) in [5, 5.41) is 5.86. The molecule has 3 rings (SSSR count). The van der Waals surface area contributed by atoms with Crippen molar-refractivity contribution < 1.29 is 0 Å². The average molecular weight is 282 g/mol. The van der Waals surface area contributed by atoms with Gasteiger partial charge >= 0.3 is 0 Å². The van der Waals surface area contributed by atoms with Gasteiger partial charge in [-0.15, -0.1) is 22.9 Å². The molecule has 0 amide bonds. The van der Waals surface area contributed by atoms with Gasteiger partial charge in [0.05, 0.1) is 15.6 Å². The minimum atomic E-state index is 0.213. The Balaban J connectivity index is 1.90. The van der Waals surface area contributed by atoms with E-state index in [0.29, 0.717) is 6.04 Å². The van der Waals surface area contributed by atoms with Crippen molar-refractivity contribution in [3.8, 4) is 0 Å². The van der Waals surface area contributed by atoms with Gasteiger partial charge in [-0.1, -0.05) is 12.8 Å². The van der Waals surface area contributed by atoms with Crippen LogP contribution in [0.2, 0.25) is 0 Å². The molecule has 2 aromatic rings. The van der Waals surface area contributed by atoms with Crippen molar-refractivity contribution in [3.05, 3.63) is 17.3 Å². The second-order valence-corrected chi connectivity index (χ2v) is 6.31. The van der Waals surface area contributed by atoms with Gasteiger partial charge in [-0.25, -0.2) is 9.97 Å². The minimum Gasteiger partial charge on any atom is -0.365 e. The van der Waals surface area contributed by atoms with Crippen LogP contribution in [0.15, 0.2) is 11.7 Å². The van der Waals surface area contributed by atoms with Crippen molar-refractivity contribution in [1.82, 2.24) is 9.97 Å². The van der Waals surface area contributed by atoms with Crippen LogP contribution in [0.1, 0.15) is 31.2 Å². The molecule has 2 unspecified atom stereocenters. The fourth-order valence-electron chi connectivity index (χ4n) is 2.50. The molecular weight excluding hydrogens is 266 g/mol. The van der Waals surface area contributed by atoms with Gasteiger partial charge < -0.3 is 5.32 Å². The van der Waals surface area contributed by atoms with Crippen LogP contribution in [0.3, 0.4) is 0 Å². The number of nitrogens with one attached hydrogen (secondary N) is 1. The predicted octanol–water partition coefficient (Wildman–Crippen LogP) is 3.96. The van der Waals surface area contributed by atoms with Crippen LogP contribution in [0.5, 0.6) is 0 Å². The topological polar surface area (TPSA) is 37.8 Å². The summed E-state index contributed by atoms with van der Waals surface area (Å²) in [5.74, 6) is 0.940. The highest BCUT2D eigenvalue weighted by atomic mass is 35.5. The predicted molar refractivity (Wildman–Crippen MR) is 77.7 cm³/mol. The summed E-state index contributed by atoms with van der Waals surface area (Å²) in [5.41, 5.74) is 2.27. The van der Waals surface area contributed by atoms with Gasteiger partial charge in [0.1, 0.15) is 12.1 Å². The zero-order valence-corrected chi connectivity index (χ0v) is 11.9. The van der Waals surface area contributed by atoms with Crippen molar-refractivity contribution >= 4 is 39.0 Å². The van der Waals surface area contributed by atoms with Crippen molar-refractivity contribution in [2.24, 2.45) is 0 Å². The number of halogens is 1.